The van der Waals surface area contributed by atoms with Gasteiger partial charge in [-0.25, -0.2) is 4.79 Å². The number of nitrogens with zero attached hydrogens (tertiary/aromatic N) is 2. The Bertz CT molecular complexity index is 587. The monoisotopic (exact) mass is 297 g/mol. The van der Waals surface area contributed by atoms with Crippen LogP contribution in [0.2, 0.25) is 0 Å². The maximum Gasteiger partial charge on any atom is 0.351 e. The molecule has 1 saturated heterocycles. The predicted molar refractivity (Wildman–Crippen MR) is 72.2 cm³/mol. The van der Waals surface area contributed by atoms with Crippen LogP contribution in [0.5, 0.6) is 0 Å². The van der Waals surface area contributed by atoms with E-state index in [1.54, 1.807) is 0 Å². The predicted octanol–water partition coefficient (Wildman–Crippen LogP) is -1.61. The molecule has 2 fully saturated rings. The Morgan fingerprint density at radius 1 is 1.48 bits per heavy atom. The lowest BCUT2D eigenvalue weighted by Gasteiger charge is -2.44. The van der Waals surface area contributed by atoms with Crippen LogP contribution >= 0.6 is 0 Å². The van der Waals surface area contributed by atoms with Crippen LogP contribution in [-0.4, -0.2) is 49.8 Å². The van der Waals surface area contributed by atoms with Crippen molar-refractivity contribution in [3.63, 3.8) is 0 Å². The number of rotatable bonds is 3. The SMILES string of the molecule is Nc1ccn([C@]2(C3CCC3)O[C@H](CO)[C@@H](O)[C@H]2O)c(=O)n1. The van der Waals surface area contributed by atoms with E-state index in [0.29, 0.717) is 0 Å². The minimum absolute atomic E-state index is 0.0757. The molecule has 21 heavy (non-hydrogen) atoms. The molecule has 1 aliphatic heterocycles. The van der Waals surface area contributed by atoms with Crippen molar-refractivity contribution in [1.82, 2.24) is 9.55 Å². The summed E-state index contributed by atoms with van der Waals surface area (Å²) < 4.78 is 6.96. The van der Waals surface area contributed by atoms with Gasteiger partial charge in [0, 0.05) is 12.1 Å². The van der Waals surface area contributed by atoms with Gasteiger partial charge >= 0.3 is 5.69 Å². The van der Waals surface area contributed by atoms with Crippen LogP contribution in [0.15, 0.2) is 17.1 Å². The van der Waals surface area contributed by atoms with Crippen LogP contribution in [0.3, 0.4) is 0 Å². The molecule has 4 atom stereocenters. The summed E-state index contributed by atoms with van der Waals surface area (Å²) in [5, 5.41) is 29.9. The normalized spacial score (nSPS) is 36.6. The van der Waals surface area contributed by atoms with Gasteiger partial charge in [-0.2, -0.15) is 4.98 Å². The van der Waals surface area contributed by atoms with Crippen molar-refractivity contribution in [1.29, 1.82) is 0 Å². The number of aliphatic hydroxyl groups is 3. The van der Waals surface area contributed by atoms with Gasteiger partial charge in [0.05, 0.1) is 6.61 Å². The average Bonchev–Trinajstić information content (AvgIpc) is 2.62. The highest BCUT2D eigenvalue weighted by Gasteiger charge is 2.60. The van der Waals surface area contributed by atoms with E-state index in [2.05, 4.69) is 4.98 Å². The van der Waals surface area contributed by atoms with Crippen LogP contribution in [0.25, 0.3) is 0 Å². The lowest BCUT2D eigenvalue weighted by Crippen LogP contribution is -2.57. The van der Waals surface area contributed by atoms with Crippen molar-refractivity contribution < 1.29 is 20.1 Å². The maximum absolute atomic E-state index is 12.2. The van der Waals surface area contributed by atoms with Gasteiger partial charge in [0.1, 0.15) is 24.1 Å². The molecule has 0 unspecified atom stereocenters. The average molecular weight is 297 g/mol. The highest BCUT2D eigenvalue weighted by Crippen LogP contribution is 2.48. The lowest BCUT2D eigenvalue weighted by molar-refractivity contribution is -0.201. The molecule has 2 heterocycles. The number of aromatic nitrogens is 2. The van der Waals surface area contributed by atoms with Crippen LogP contribution in [-0.2, 0) is 10.5 Å². The van der Waals surface area contributed by atoms with Gasteiger partial charge in [-0.1, -0.05) is 6.42 Å². The molecule has 0 bridgehead atoms. The Morgan fingerprint density at radius 3 is 2.67 bits per heavy atom. The number of nitrogen functional groups attached to an aromatic ring is 1. The van der Waals surface area contributed by atoms with Gasteiger partial charge in [0.2, 0.25) is 0 Å². The summed E-state index contributed by atoms with van der Waals surface area (Å²) in [6.07, 6.45) is 0.378. The van der Waals surface area contributed by atoms with Crippen molar-refractivity contribution >= 4 is 5.82 Å². The zero-order valence-corrected chi connectivity index (χ0v) is 11.4. The Hall–Kier alpha value is -1.48. The summed E-state index contributed by atoms with van der Waals surface area (Å²) in [6.45, 7) is -0.441. The first kappa shape index (κ1) is 14.5. The number of aliphatic hydroxyl groups excluding tert-OH is 3. The quantitative estimate of drug-likeness (QED) is 0.528. The molecule has 8 heteroatoms. The fourth-order valence-corrected chi connectivity index (χ4v) is 3.21. The summed E-state index contributed by atoms with van der Waals surface area (Å²) in [6, 6.07) is 1.44. The van der Waals surface area contributed by atoms with Gasteiger partial charge in [-0.15, -0.1) is 0 Å². The van der Waals surface area contributed by atoms with Gasteiger partial charge < -0.3 is 25.8 Å². The van der Waals surface area contributed by atoms with Crippen molar-refractivity contribution in [2.45, 2.75) is 43.3 Å². The number of nitrogens with two attached hydrogens (primary N) is 1. The Kier molecular flexibility index (Phi) is 3.48. The number of ether oxygens (including phenoxy) is 1. The summed E-state index contributed by atoms with van der Waals surface area (Å²) >= 11 is 0. The topological polar surface area (TPSA) is 131 Å². The van der Waals surface area contributed by atoms with Gasteiger partial charge in [-0.3, -0.25) is 4.57 Å². The van der Waals surface area contributed by atoms with E-state index < -0.39 is 36.3 Å². The molecule has 5 N–H and O–H groups in total. The second kappa shape index (κ2) is 5.06. The molecule has 1 aromatic heterocycles. The summed E-state index contributed by atoms with van der Waals surface area (Å²) in [4.78, 5) is 15.8. The summed E-state index contributed by atoms with van der Waals surface area (Å²) in [5.41, 5.74) is 3.44. The summed E-state index contributed by atoms with van der Waals surface area (Å²) in [7, 11) is 0. The Labute approximate surface area is 120 Å². The first-order valence-corrected chi connectivity index (χ1v) is 7.01. The van der Waals surface area contributed by atoms with Gasteiger partial charge in [0.25, 0.3) is 0 Å². The van der Waals surface area contributed by atoms with Crippen LogP contribution < -0.4 is 11.4 Å². The van der Waals surface area contributed by atoms with E-state index in [1.807, 2.05) is 0 Å². The van der Waals surface area contributed by atoms with E-state index in [0.717, 1.165) is 19.3 Å². The zero-order valence-electron chi connectivity index (χ0n) is 11.4. The van der Waals surface area contributed by atoms with Crippen LogP contribution in [0.4, 0.5) is 5.82 Å². The van der Waals surface area contributed by atoms with Crippen LogP contribution in [0.1, 0.15) is 19.3 Å². The molecule has 1 saturated carbocycles. The van der Waals surface area contributed by atoms with Crippen molar-refractivity contribution in [3.8, 4) is 0 Å². The molecule has 3 rings (SSSR count). The molecular weight excluding hydrogens is 278 g/mol. The third kappa shape index (κ3) is 1.98. The van der Waals surface area contributed by atoms with E-state index in [9.17, 15) is 20.1 Å². The molecule has 1 aromatic rings. The Morgan fingerprint density at radius 2 is 2.19 bits per heavy atom. The largest absolute Gasteiger partial charge is 0.394 e. The molecular formula is C13H19N3O5. The van der Waals surface area contributed by atoms with E-state index in [-0.39, 0.29) is 11.7 Å². The van der Waals surface area contributed by atoms with Crippen molar-refractivity contribution in [3.05, 3.63) is 22.7 Å². The fraction of sp³-hybridized carbons (Fsp3) is 0.692. The lowest BCUT2D eigenvalue weighted by atomic mass is 9.74. The molecule has 1 aliphatic carbocycles. The molecule has 0 aromatic carbocycles. The second-order valence-electron chi connectivity index (χ2n) is 5.66. The van der Waals surface area contributed by atoms with E-state index in [1.165, 1.54) is 16.8 Å². The van der Waals surface area contributed by atoms with E-state index >= 15 is 0 Å². The molecule has 116 valence electrons. The minimum atomic E-state index is -1.40. The first-order chi connectivity index (χ1) is 10.0. The fourth-order valence-electron chi connectivity index (χ4n) is 3.21. The van der Waals surface area contributed by atoms with Crippen molar-refractivity contribution in [2.24, 2.45) is 5.92 Å². The second-order valence-corrected chi connectivity index (χ2v) is 5.66. The smallest absolute Gasteiger partial charge is 0.351 e. The first-order valence-electron chi connectivity index (χ1n) is 7.01. The molecule has 0 amide bonds. The highest BCUT2D eigenvalue weighted by atomic mass is 16.6. The van der Waals surface area contributed by atoms with Gasteiger partial charge in [0.15, 0.2) is 5.72 Å². The highest BCUT2D eigenvalue weighted by molar-refractivity contribution is 5.24. The number of anilines is 1. The van der Waals surface area contributed by atoms with E-state index in [4.69, 9.17) is 10.5 Å². The standard InChI is InChI=1S/C13H19N3O5/c14-9-4-5-16(12(20)15-9)13(7-2-1-3-7)11(19)10(18)8(6-17)21-13/h4-5,7-8,10-11,17-19H,1-3,6H2,(H2,14,15,20)/t8-,10-,11-,13-/m1/s1. The minimum Gasteiger partial charge on any atom is -0.394 e. The van der Waals surface area contributed by atoms with Crippen molar-refractivity contribution in [2.75, 3.05) is 12.3 Å². The molecule has 0 spiro atoms. The Balaban J connectivity index is 2.12. The third-order valence-electron chi connectivity index (χ3n) is 4.54. The third-order valence-corrected chi connectivity index (χ3v) is 4.54. The van der Waals surface area contributed by atoms with Crippen LogP contribution in [0, 0.1) is 5.92 Å². The molecule has 2 aliphatic rings. The molecule has 8 nitrogen and oxygen atoms in total. The molecule has 0 radical (unpaired) electrons. The summed E-state index contributed by atoms with van der Waals surface area (Å²) in [5.74, 6) is -0.0476. The number of hydrogen-bond acceptors (Lipinski definition) is 7. The number of hydrogen-bond donors (Lipinski definition) is 4. The zero-order chi connectivity index (χ0) is 15.2. The van der Waals surface area contributed by atoms with Gasteiger partial charge in [-0.05, 0) is 18.9 Å². The maximum atomic E-state index is 12.2.